The fourth-order valence-electron chi connectivity index (χ4n) is 5.00. The molecule has 0 bridgehead atoms. The van der Waals surface area contributed by atoms with Crippen molar-refractivity contribution in [1.29, 1.82) is 0 Å². The first-order valence-corrected chi connectivity index (χ1v) is 12.3. The Morgan fingerprint density at radius 3 is 2.23 bits per heavy atom. The molecule has 138 valence electrons. The first-order chi connectivity index (χ1) is 12.9. The second-order valence-corrected chi connectivity index (χ2v) is 10.1. The molecule has 0 unspecified atom stereocenters. The van der Waals surface area contributed by atoms with Crippen molar-refractivity contribution < 1.29 is 4.74 Å². The molecule has 1 saturated heterocycles. The third kappa shape index (κ3) is 4.42. The normalized spacial score (nSPS) is 27.3. The molecule has 1 nitrogen and oxygen atoms in total. The van der Waals surface area contributed by atoms with Crippen LogP contribution in [0.25, 0.3) is 0 Å². The van der Waals surface area contributed by atoms with E-state index >= 15 is 0 Å². The number of hydrogen-bond donors (Lipinski definition) is 0. The SMILES string of the molecule is c1ccc([Se]C[C@@H]2OCC[C@@H](c3ccccc3)[C@@H]2C2CCCCC2)cc1. The second-order valence-electron chi connectivity index (χ2n) is 7.81. The summed E-state index contributed by atoms with van der Waals surface area (Å²) in [5.41, 5.74) is 1.54. The van der Waals surface area contributed by atoms with Gasteiger partial charge in [-0.25, -0.2) is 0 Å². The van der Waals surface area contributed by atoms with Crippen LogP contribution < -0.4 is 4.46 Å². The third-order valence-electron chi connectivity index (χ3n) is 6.23. The van der Waals surface area contributed by atoms with Gasteiger partial charge in [0, 0.05) is 0 Å². The van der Waals surface area contributed by atoms with Crippen molar-refractivity contribution in [2.24, 2.45) is 11.8 Å². The summed E-state index contributed by atoms with van der Waals surface area (Å²) in [6.45, 7) is 0.929. The molecule has 0 spiro atoms. The van der Waals surface area contributed by atoms with Crippen molar-refractivity contribution in [3.8, 4) is 0 Å². The average Bonchev–Trinajstić information content (AvgIpc) is 2.74. The van der Waals surface area contributed by atoms with Gasteiger partial charge in [-0.05, 0) is 0 Å². The average molecular weight is 413 g/mol. The summed E-state index contributed by atoms with van der Waals surface area (Å²) < 4.78 is 7.94. The van der Waals surface area contributed by atoms with Gasteiger partial charge in [0.25, 0.3) is 0 Å². The van der Waals surface area contributed by atoms with Gasteiger partial charge in [0.1, 0.15) is 0 Å². The van der Waals surface area contributed by atoms with Crippen molar-refractivity contribution >= 4 is 19.4 Å². The van der Waals surface area contributed by atoms with Gasteiger partial charge in [0.05, 0.1) is 0 Å². The molecule has 2 aliphatic rings. The van der Waals surface area contributed by atoms with E-state index in [0.29, 0.717) is 32.9 Å². The van der Waals surface area contributed by atoms with E-state index in [1.807, 2.05) is 0 Å². The summed E-state index contributed by atoms with van der Waals surface area (Å²) in [7, 11) is 0. The van der Waals surface area contributed by atoms with Gasteiger partial charge in [-0.3, -0.25) is 0 Å². The summed E-state index contributed by atoms with van der Waals surface area (Å²) in [4.78, 5) is 0. The molecule has 0 N–H and O–H groups in total. The van der Waals surface area contributed by atoms with Crippen LogP contribution in [0.5, 0.6) is 0 Å². The molecule has 2 aromatic carbocycles. The molecule has 1 aliphatic carbocycles. The molecular formula is C24H30OSe. The maximum atomic E-state index is 6.43. The Bertz CT molecular complexity index is 650. The predicted octanol–water partition coefficient (Wildman–Crippen LogP) is 5.20. The Kier molecular flexibility index (Phi) is 6.48. The molecule has 1 saturated carbocycles. The Labute approximate surface area is 164 Å². The van der Waals surface area contributed by atoms with Crippen LogP contribution in [0.1, 0.15) is 50.0 Å². The zero-order valence-corrected chi connectivity index (χ0v) is 17.3. The quantitative estimate of drug-likeness (QED) is 0.612. The van der Waals surface area contributed by atoms with Gasteiger partial charge in [-0.2, -0.15) is 0 Å². The second kappa shape index (κ2) is 9.22. The van der Waals surface area contributed by atoms with Gasteiger partial charge >= 0.3 is 165 Å². The number of benzene rings is 2. The minimum absolute atomic E-state index is 0.442. The topological polar surface area (TPSA) is 9.23 Å². The van der Waals surface area contributed by atoms with E-state index in [-0.39, 0.29) is 0 Å². The van der Waals surface area contributed by atoms with Crippen LogP contribution in [-0.4, -0.2) is 27.7 Å². The summed E-state index contributed by atoms with van der Waals surface area (Å²) in [6.07, 6.45) is 8.72. The van der Waals surface area contributed by atoms with Crippen molar-refractivity contribution in [2.75, 3.05) is 6.61 Å². The number of rotatable bonds is 5. The molecule has 3 atom stereocenters. The van der Waals surface area contributed by atoms with E-state index in [0.717, 1.165) is 12.5 Å². The maximum absolute atomic E-state index is 6.43. The summed E-state index contributed by atoms with van der Waals surface area (Å²) in [5.74, 6) is 2.24. The van der Waals surface area contributed by atoms with Crippen molar-refractivity contribution in [1.82, 2.24) is 0 Å². The van der Waals surface area contributed by atoms with E-state index in [9.17, 15) is 0 Å². The number of ether oxygens (including phenoxy) is 1. The molecule has 0 aromatic heterocycles. The Balaban J connectivity index is 1.54. The van der Waals surface area contributed by atoms with Crippen LogP contribution in [-0.2, 0) is 4.74 Å². The van der Waals surface area contributed by atoms with Gasteiger partial charge in [-0.15, -0.1) is 0 Å². The Morgan fingerprint density at radius 2 is 1.50 bits per heavy atom. The van der Waals surface area contributed by atoms with Crippen LogP contribution in [0.3, 0.4) is 0 Å². The summed E-state index contributed by atoms with van der Waals surface area (Å²) in [5, 5.41) is 1.22. The van der Waals surface area contributed by atoms with Crippen molar-refractivity contribution in [3.05, 3.63) is 66.2 Å². The fraction of sp³-hybridized carbons (Fsp3) is 0.500. The molecule has 2 aromatic rings. The van der Waals surface area contributed by atoms with E-state index in [4.69, 9.17) is 4.74 Å². The standard InChI is InChI=1S/C24H30OSe/c1-4-10-19(11-5-1)22-16-17-25-23(18-26-21-14-8-3-9-15-21)24(22)20-12-6-2-7-13-20/h1,3-5,8-11,14-15,20,22-24H,2,6-7,12-13,16-18H2/t22-,23-,24-/m0/s1. The first-order valence-electron chi connectivity index (χ1n) is 10.3. The van der Waals surface area contributed by atoms with E-state index in [2.05, 4.69) is 60.7 Å². The fourth-order valence-corrected chi connectivity index (χ4v) is 7.15. The zero-order chi connectivity index (χ0) is 17.6. The molecule has 2 fully saturated rings. The van der Waals surface area contributed by atoms with Gasteiger partial charge in [0.2, 0.25) is 0 Å². The van der Waals surface area contributed by atoms with E-state index < -0.39 is 0 Å². The van der Waals surface area contributed by atoms with Crippen LogP contribution in [0.15, 0.2) is 60.7 Å². The zero-order valence-electron chi connectivity index (χ0n) is 15.6. The van der Waals surface area contributed by atoms with Crippen LogP contribution in [0.4, 0.5) is 0 Å². The molecular weight excluding hydrogens is 383 g/mol. The van der Waals surface area contributed by atoms with E-state index in [1.54, 1.807) is 5.56 Å². The van der Waals surface area contributed by atoms with Crippen molar-refractivity contribution in [2.45, 2.75) is 55.9 Å². The predicted molar refractivity (Wildman–Crippen MR) is 110 cm³/mol. The molecule has 0 radical (unpaired) electrons. The molecule has 1 heterocycles. The summed E-state index contributed by atoms with van der Waals surface area (Å²) >= 11 is 0.511. The summed E-state index contributed by atoms with van der Waals surface area (Å²) in [6, 6.07) is 22.3. The molecule has 0 amide bonds. The van der Waals surface area contributed by atoms with Crippen molar-refractivity contribution in [3.63, 3.8) is 0 Å². The Hall–Kier alpha value is -1.08. The van der Waals surface area contributed by atoms with Crippen LogP contribution >= 0.6 is 0 Å². The van der Waals surface area contributed by atoms with Gasteiger partial charge in [0.15, 0.2) is 0 Å². The molecule has 2 heteroatoms. The van der Waals surface area contributed by atoms with Gasteiger partial charge in [-0.1, -0.05) is 0 Å². The van der Waals surface area contributed by atoms with Crippen LogP contribution in [0, 0.1) is 11.8 Å². The minimum atomic E-state index is 0.442. The molecule has 4 rings (SSSR count). The molecule has 26 heavy (non-hydrogen) atoms. The van der Waals surface area contributed by atoms with Crippen LogP contribution in [0.2, 0.25) is 5.32 Å². The van der Waals surface area contributed by atoms with Gasteiger partial charge < -0.3 is 0 Å². The number of hydrogen-bond acceptors (Lipinski definition) is 1. The third-order valence-corrected chi connectivity index (χ3v) is 8.54. The van der Waals surface area contributed by atoms with E-state index in [1.165, 1.54) is 48.3 Å². The first kappa shape index (κ1) is 18.3. The Morgan fingerprint density at radius 1 is 0.808 bits per heavy atom. The molecule has 1 aliphatic heterocycles. The monoisotopic (exact) mass is 414 g/mol.